The third-order valence-corrected chi connectivity index (χ3v) is 8.87. The maximum atomic E-state index is 2.43. The molecule has 0 N–H and O–H groups in total. The monoisotopic (exact) mass is 456 g/mol. The van der Waals surface area contributed by atoms with E-state index < -0.39 is 0 Å². The van der Waals surface area contributed by atoms with Crippen LogP contribution in [0, 0.1) is 6.92 Å². The molecule has 0 aliphatic heterocycles. The zero-order valence-electron chi connectivity index (χ0n) is 18.1. The Morgan fingerprint density at radius 3 is 1.33 bits per heavy atom. The van der Waals surface area contributed by atoms with Crippen molar-refractivity contribution in [2.75, 3.05) is 0 Å². The summed E-state index contributed by atoms with van der Waals surface area (Å²) in [5.74, 6) is 0. The molecule has 0 aliphatic carbocycles. The van der Waals surface area contributed by atoms with E-state index in [1.807, 2.05) is 22.7 Å². The summed E-state index contributed by atoms with van der Waals surface area (Å²) in [6.45, 7) is 2.33. The average Bonchev–Trinajstić information content (AvgIpc) is 3.43. The molecule has 0 aliphatic rings. The van der Waals surface area contributed by atoms with Crippen LogP contribution in [0.25, 0.3) is 62.6 Å². The highest BCUT2D eigenvalue weighted by Crippen LogP contribution is 2.48. The number of benzene rings is 5. The van der Waals surface area contributed by atoms with Gasteiger partial charge >= 0.3 is 0 Å². The number of hydrogen-bond donors (Lipinski definition) is 0. The van der Waals surface area contributed by atoms with Crippen molar-refractivity contribution in [1.82, 2.24) is 0 Å². The van der Waals surface area contributed by atoms with Crippen LogP contribution in [0.4, 0.5) is 0 Å². The first-order valence-corrected chi connectivity index (χ1v) is 12.8. The maximum Gasteiger partial charge on any atom is 0.0372 e. The van der Waals surface area contributed by atoms with Crippen molar-refractivity contribution in [2.45, 2.75) is 6.92 Å². The molecule has 2 heteroatoms. The maximum absolute atomic E-state index is 2.43. The molecule has 0 fully saturated rings. The smallest absolute Gasteiger partial charge is 0.0372 e. The van der Waals surface area contributed by atoms with Crippen molar-refractivity contribution in [3.8, 4) is 22.3 Å². The molecule has 0 bridgehead atoms. The standard InChI is InChI=1S/C31H20S2/c1-19-28-26(32-24-16-8-14-22(30(24)28)20-10-4-2-5-11-20)18-27-29(19)31-23(15-9-17-25(31)33-27)21-12-6-3-7-13-21/h2-18H,1H3. The van der Waals surface area contributed by atoms with Crippen LogP contribution in [0.1, 0.15) is 5.56 Å². The van der Waals surface area contributed by atoms with Crippen molar-refractivity contribution in [1.29, 1.82) is 0 Å². The second-order valence-electron chi connectivity index (χ2n) is 8.54. The Morgan fingerprint density at radius 1 is 0.424 bits per heavy atom. The van der Waals surface area contributed by atoms with E-state index in [-0.39, 0.29) is 0 Å². The zero-order valence-corrected chi connectivity index (χ0v) is 19.8. The molecule has 2 aromatic heterocycles. The first kappa shape index (κ1) is 19.0. The molecule has 0 radical (unpaired) electrons. The van der Waals surface area contributed by atoms with Crippen LogP contribution in [0.15, 0.2) is 103 Å². The summed E-state index contributed by atoms with van der Waals surface area (Å²) in [4.78, 5) is 0. The summed E-state index contributed by atoms with van der Waals surface area (Å²) >= 11 is 3.83. The lowest BCUT2D eigenvalue weighted by atomic mass is 9.94. The molecule has 7 rings (SSSR count). The third kappa shape index (κ3) is 2.81. The van der Waals surface area contributed by atoms with Gasteiger partial charge in [0.1, 0.15) is 0 Å². The Morgan fingerprint density at radius 2 is 0.879 bits per heavy atom. The topological polar surface area (TPSA) is 0 Å². The van der Waals surface area contributed by atoms with Crippen molar-refractivity contribution in [3.05, 3.63) is 109 Å². The Bertz CT molecular complexity index is 1670. The van der Waals surface area contributed by atoms with Crippen molar-refractivity contribution >= 4 is 63.0 Å². The Kier molecular flexibility index (Phi) is 4.20. The third-order valence-electron chi connectivity index (χ3n) is 6.67. The number of hydrogen-bond acceptors (Lipinski definition) is 2. The first-order chi connectivity index (χ1) is 16.3. The van der Waals surface area contributed by atoms with Crippen LogP contribution in [-0.2, 0) is 0 Å². The second kappa shape index (κ2) is 7.28. The van der Waals surface area contributed by atoms with Crippen LogP contribution < -0.4 is 0 Å². The minimum atomic E-state index is 1.28. The molecule has 7 aromatic rings. The van der Waals surface area contributed by atoms with Crippen LogP contribution in [0.2, 0.25) is 0 Å². The normalized spacial score (nSPS) is 11.8. The molecule has 33 heavy (non-hydrogen) atoms. The van der Waals surface area contributed by atoms with Gasteiger partial charge in [-0.15, -0.1) is 22.7 Å². The summed E-state index contributed by atoms with van der Waals surface area (Å²) < 4.78 is 5.48. The Balaban J connectivity index is 1.65. The Labute approximate surface area is 200 Å². The van der Waals surface area contributed by atoms with Gasteiger partial charge in [0.2, 0.25) is 0 Å². The molecule has 2 heterocycles. The lowest BCUT2D eigenvalue weighted by Crippen LogP contribution is -1.83. The highest BCUT2D eigenvalue weighted by atomic mass is 32.1. The number of thiophene rings is 2. The Hall–Kier alpha value is -3.46. The van der Waals surface area contributed by atoms with Gasteiger partial charge < -0.3 is 0 Å². The molecule has 0 saturated carbocycles. The molecule has 0 spiro atoms. The summed E-state index contributed by atoms with van der Waals surface area (Å²) in [5.41, 5.74) is 6.60. The fourth-order valence-corrected chi connectivity index (χ4v) is 7.78. The molecule has 0 atom stereocenters. The molecule has 156 valence electrons. The molecule has 0 amide bonds. The van der Waals surface area contributed by atoms with Crippen molar-refractivity contribution in [3.63, 3.8) is 0 Å². The minimum Gasteiger partial charge on any atom is -0.135 e. The van der Waals surface area contributed by atoms with Gasteiger partial charge in [-0.25, -0.2) is 0 Å². The van der Waals surface area contributed by atoms with Crippen molar-refractivity contribution < 1.29 is 0 Å². The number of rotatable bonds is 2. The van der Waals surface area contributed by atoms with E-state index in [1.54, 1.807) is 0 Å². The van der Waals surface area contributed by atoms with Gasteiger partial charge in [-0.3, -0.25) is 0 Å². The minimum absolute atomic E-state index is 1.28. The van der Waals surface area contributed by atoms with Gasteiger partial charge in [-0.2, -0.15) is 0 Å². The largest absolute Gasteiger partial charge is 0.135 e. The van der Waals surface area contributed by atoms with Gasteiger partial charge in [0, 0.05) is 40.3 Å². The summed E-state index contributed by atoms with van der Waals surface area (Å²) in [6, 6.07) is 37.5. The van der Waals surface area contributed by atoms with Gasteiger partial charge in [-0.1, -0.05) is 84.9 Å². The summed E-state index contributed by atoms with van der Waals surface area (Å²) in [7, 11) is 0. The predicted molar refractivity (Wildman–Crippen MR) is 148 cm³/mol. The zero-order chi connectivity index (χ0) is 21.9. The highest BCUT2D eigenvalue weighted by Gasteiger charge is 2.19. The van der Waals surface area contributed by atoms with Gasteiger partial charge in [0.25, 0.3) is 0 Å². The quantitative estimate of drug-likeness (QED) is 0.243. The van der Waals surface area contributed by atoms with Gasteiger partial charge in [-0.05, 0) is 52.9 Å². The first-order valence-electron chi connectivity index (χ1n) is 11.2. The average molecular weight is 457 g/mol. The van der Waals surface area contributed by atoms with Crippen LogP contribution in [0.5, 0.6) is 0 Å². The molecular formula is C31H20S2. The predicted octanol–water partition coefficient (Wildman–Crippen LogP) is 10.1. The molecular weight excluding hydrogens is 436 g/mol. The second-order valence-corrected chi connectivity index (χ2v) is 10.7. The van der Waals surface area contributed by atoms with Gasteiger partial charge in [0.05, 0.1) is 0 Å². The van der Waals surface area contributed by atoms with Crippen LogP contribution in [0.3, 0.4) is 0 Å². The lowest BCUT2D eigenvalue weighted by molar-refractivity contribution is 1.62. The van der Waals surface area contributed by atoms with E-state index in [4.69, 9.17) is 0 Å². The molecule has 0 saturated heterocycles. The number of fused-ring (bicyclic) bond motifs is 6. The van der Waals surface area contributed by atoms with Crippen molar-refractivity contribution in [2.24, 2.45) is 0 Å². The fraction of sp³-hybridized carbons (Fsp3) is 0.0323. The fourth-order valence-electron chi connectivity index (χ4n) is 5.24. The number of aryl methyl sites for hydroxylation is 1. The van der Waals surface area contributed by atoms with Crippen LogP contribution >= 0.6 is 22.7 Å². The molecule has 0 unspecified atom stereocenters. The van der Waals surface area contributed by atoms with E-state index >= 15 is 0 Å². The highest BCUT2D eigenvalue weighted by molar-refractivity contribution is 7.28. The van der Waals surface area contributed by atoms with E-state index in [0.29, 0.717) is 0 Å². The molecule has 5 aromatic carbocycles. The van der Waals surface area contributed by atoms with E-state index in [1.165, 1.54) is 68.2 Å². The SMILES string of the molecule is Cc1c2c(cc3sc4cccc(-c5ccccc5)c4c13)sc1cccc(-c3ccccc3)c12. The van der Waals surface area contributed by atoms with Gasteiger partial charge in [0.15, 0.2) is 0 Å². The summed E-state index contributed by atoms with van der Waals surface area (Å²) in [5, 5.41) is 5.59. The van der Waals surface area contributed by atoms with E-state index in [2.05, 4.69) is 110 Å². The summed E-state index contributed by atoms with van der Waals surface area (Å²) in [6.07, 6.45) is 0. The lowest BCUT2D eigenvalue weighted by Gasteiger charge is -2.09. The molecule has 0 nitrogen and oxygen atoms in total. The van der Waals surface area contributed by atoms with E-state index in [9.17, 15) is 0 Å². The van der Waals surface area contributed by atoms with E-state index in [0.717, 1.165) is 0 Å². The van der Waals surface area contributed by atoms with Crippen LogP contribution in [-0.4, -0.2) is 0 Å².